The van der Waals surface area contributed by atoms with Crippen molar-refractivity contribution in [1.29, 1.82) is 0 Å². The van der Waals surface area contributed by atoms with E-state index in [1.165, 1.54) is 12.1 Å². The van der Waals surface area contributed by atoms with Crippen LogP contribution >= 0.6 is 11.6 Å². The largest absolute Gasteiger partial charge is 0.490 e. The topological polar surface area (TPSA) is 100 Å². The van der Waals surface area contributed by atoms with Crippen molar-refractivity contribution >= 4 is 29.6 Å². The molecule has 0 aliphatic carbocycles. The van der Waals surface area contributed by atoms with Crippen molar-refractivity contribution in [2.24, 2.45) is 5.92 Å². The lowest BCUT2D eigenvalue weighted by molar-refractivity contribution is -0.148. The number of alkyl halides is 1. The van der Waals surface area contributed by atoms with Crippen LogP contribution in [0.3, 0.4) is 0 Å². The zero-order valence-electron chi connectivity index (χ0n) is 17.9. The van der Waals surface area contributed by atoms with Gasteiger partial charge in [0.2, 0.25) is 0 Å². The van der Waals surface area contributed by atoms with Gasteiger partial charge in [-0.3, -0.25) is 0 Å². The molecule has 1 N–H and O–H groups in total. The molecule has 0 aliphatic rings. The first-order valence-electron chi connectivity index (χ1n) is 10.0. The summed E-state index contributed by atoms with van der Waals surface area (Å²) in [7, 11) is 0. The molecule has 2 aromatic carbocycles. The third kappa shape index (κ3) is 8.47. The van der Waals surface area contributed by atoms with Crippen molar-refractivity contribution in [3.63, 3.8) is 0 Å². The van der Waals surface area contributed by atoms with Gasteiger partial charge >= 0.3 is 18.0 Å². The molecule has 2 rings (SSSR count). The SMILES string of the molecule is CC(C)[C@H](NC(=O)OCc1ccccc1)C(=O)OCCOc1ccc(C(=O)OCCl)cc1. The Bertz CT molecular complexity index is 872. The number of amides is 1. The van der Waals surface area contributed by atoms with Crippen molar-refractivity contribution in [2.75, 3.05) is 19.3 Å². The highest BCUT2D eigenvalue weighted by atomic mass is 35.5. The highest BCUT2D eigenvalue weighted by molar-refractivity contribution is 6.17. The molecule has 0 aliphatic heterocycles. The van der Waals surface area contributed by atoms with Gasteiger partial charge in [0.15, 0.2) is 6.07 Å². The molecule has 0 spiro atoms. The van der Waals surface area contributed by atoms with Crippen LogP contribution in [0.2, 0.25) is 0 Å². The second-order valence-corrected chi connectivity index (χ2v) is 7.23. The van der Waals surface area contributed by atoms with Gasteiger partial charge in [-0.05, 0) is 35.7 Å². The van der Waals surface area contributed by atoms with Gasteiger partial charge in [-0.1, -0.05) is 55.8 Å². The molecule has 9 heteroatoms. The number of carbonyl (C=O) groups is 3. The van der Waals surface area contributed by atoms with Gasteiger partial charge in [0, 0.05) is 0 Å². The quantitative estimate of drug-likeness (QED) is 0.233. The van der Waals surface area contributed by atoms with E-state index in [9.17, 15) is 14.4 Å². The Balaban J connectivity index is 1.74. The van der Waals surface area contributed by atoms with E-state index in [1.54, 1.807) is 26.0 Å². The number of rotatable bonds is 11. The number of ether oxygens (including phenoxy) is 4. The van der Waals surface area contributed by atoms with Gasteiger partial charge in [0.25, 0.3) is 0 Å². The number of halogens is 1. The van der Waals surface area contributed by atoms with Crippen molar-refractivity contribution in [3.05, 3.63) is 65.7 Å². The zero-order valence-corrected chi connectivity index (χ0v) is 18.7. The van der Waals surface area contributed by atoms with E-state index >= 15 is 0 Å². The fourth-order valence-electron chi connectivity index (χ4n) is 2.60. The highest BCUT2D eigenvalue weighted by Crippen LogP contribution is 2.13. The summed E-state index contributed by atoms with van der Waals surface area (Å²) in [5.74, 6) is -0.825. The molecule has 8 nitrogen and oxygen atoms in total. The van der Waals surface area contributed by atoms with Crippen LogP contribution < -0.4 is 10.1 Å². The van der Waals surface area contributed by atoms with Crippen LogP contribution in [0.4, 0.5) is 4.79 Å². The Morgan fingerprint density at radius 3 is 2.22 bits per heavy atom. The molecule has 0 heterocycles. The minimum Gasteiger partial charge on any atom is -0.490 e. The number of esters is 2. The van der Waals surface area contributed by atoms with Gasteiger partial charge in [-0.25, -0.2) is 14.4 Å². The lowest BCUT2D eigenvalue weighted by Gasteiger charge is -2.20. The summed E-state index contributed by atoms with van der Waals surface area (Å²) in [6, 6.07) is 14.4. The van der Waals surface area contributed by atoms with Crippen LogP contribution in [0.15, 0.2) is 54.6 Å². The molecule has 172 valence electrons. The van der Waals surface area contributed by atoms with Crippen LogP contribution in [-0.4, -0.2) is 43.4 Å². The highest BCUT2D eigenvalue weighted by Gasteiger charge is 2.26. The summed E-state index contributed by atoms with van der Waals surface area (Å²) in [6.07, 6.45) is -0.700. The molecule has 2 aromatic rings. The summed E-state index contributed by atoms with van der Waals surface area (Å²) in [5.41, 5.74) is 1.18. The first kappa shape index (κ1) is 25.0. The Morgan fingerprint density at radius 1 is 0.906 bits per heavy atom. The normalized spacial score (nSPS) is 11.4. The van der Waals surface area contributed by atoms with Crippen molar-refractivity contribution < 1.29 is 33.3 Å². The number of hydrogen-bond donors (Lipinski definition) is 1. The van der Waals surface area contributed by atoms with Crippen LogP contribution in [0.25, 0.3) is 0 Å². The molecule has 32 heavy (non-hydrogen) atoms. The zero-order chi connectivity index (χ0) is 23.3. The average molecular weight is 464 g/mol. The van der Waals surface area contributed by atoms with E-state index < -0.39 is 24.1 Å². The monoisotopic (exact) mass is 463 g/mol. The fourth-order valence-corrected chi connectivity index (χ4v) is 2.70. The Labute approximate surface area is 191 Å². The molecule has 0 radical (unpaired) electrons. The second kappa shape index (κ2) is 13.2. The van der Waals surface area contributed by atoms with E-state index in [0.717, 1.165) is 5.56 Å². The molecule has 0 bridgehead atoms. The standard InChI is InChI=1S/C23H26ClNO7/c1-16(2)20(25-23(28)31-14-17-6-4-3-5-7-17)22(27)30-13-12-29-19-10-8-18(9-11-19)21(26)32-15-24/h3-11,16,20H,12-15H2,1-2H3,(H,25,28)/t20-/m0/s1. The predicted octanol–water partition coefficient (Wildman–Crippen LogP) is 3.91. The summed E-state index contributed by atoms with van der Waals surface area (Å²) in [6.45, 7) is 3.76. The predicted molar refractivity (Wildman–Crippen MR) is 117 cm³/mol. The van der Waals surface area contributed by atoms with Crippen LogP contribution in [-0.2, 0) is 25.6 Å². The summed E-state index contributed by atoms with van der Waals surface area (Å²) < 4.78 is 20.6. The van der Waals surface area contributed by atoms with Crippen molar-refractivity contribution in [3.8, 4) is 5.75 Å². The molecular weight excluding hydrogens is 438 g/mol. The maximum Gasteiger partial charge on any atom is 0.408 e. The van der Waals surface area contributed by atoms with E-state index in [4.69, 9.17) is 25.8 Å². The summed E-state index contributed by atoms with van der Waals surface area (Å²) in [5, 5.41) is 2.54. The molecule has 1 amide bonds. The molecule has 0 unspecified atom stereocenters. The third-order valence-corrected chi connectivity index (χ3v) is 4.39. The summed E-state index contributed by atoms with van der Waals surface area (Å²) >= 11 is 5.36. The Morgan fingerprint density at radius 2 is 1.59 bits per heavy atom. The van der Waals surface area contributed by atoms with Crippen LogP contribution in [0.1, 0.15) is 29.8 Å². The number of hydrogen-bond acceptors (Lipinski definition) is 7. The van der Waals surface area contributed by atoms with E-state index in [0.29, 0.717) is 11.3 Å². The lowest BCUT2D eigenvalue weighted by Crippen LogP contribution is -2.45. The van der Waals surface area contributed by atoms with Gasteiger partial charge in [-0.15, -0.1) is 0 Å². The number of benzene rings is 2. The Hall–Kier alpha value is -3.26. The van der Waals surface area contributed by atoms with Crippen molar-refractivity contribution in [2.45, 2.75) is 26.5 Å². The molecule has 0 fully saturated rings. The number of alkyl carbamates (subject to hydrolysis) is 1. The molecule has 0 saturated heterocycles. The van der Waals surface area contributed by atoms with E-state index in [1.807, 2.05) is 30.3 Å². The van der Waals surface area contributed by atoms with Gasteiger partial charge < -0.3 is 24.3 Å². The van der Waals surface area contributed by atoms with Gasteiger partial charge in [0.05, 0.1) is 5.56 Å². The lowest BCUT2D eigenvalue weighted by atomic mass is 10.1. The first-order valence-corrected chi connectivity index (χ1v) is 10.5. The Kier molecular flexibility index (Phi) is 10.3. The molecule has 1 atom stereocenters. The summed E-state index contributed by atoms with van der Waals surface area (Å²) in [4.78, 5) is 36.0. The third-order valence-electron chi connectivity index (χ3n) is 4.28. The fraction of sp³-hybridized carbons (Fsp3) is 0.348. The van der Waals surface area contributed by atoms with E-state index in [-0.39, 0.29) is 31.8 Å². The molecular formula is C23H26ClNO7. The number of nitrogens with one attached hydrogen (secondary N) is 1. The van der Waals surface area contributed by atoms with Crippen LogP contribution in [0.5, 0.6) is 5.75 Å². The van der Waals surface area contributed by atoms with E-state index in [2.05, 4.69) is 10.1 Å². The second-order valence-electron chi connectivity index (χ2n) is 7.01. The minimum absolute atomic E-state index is 0.0150. The maximum atomic E-state index is 12.4. The average Bonchev–Trinajstić information content (AvgIpc) is 2.79. The van der Waals surface area contributed by atoms with Gasteiger partial charge in [-0.2, -0.15) is 0 Å². The minimum atomic E-state index is -0.856. The number of carbonyl (C=O) groups excluding carboxylic acids is 3. The smallest absolute Gasteiger partial charge is 0.408 e. The maximum absolute atomic E-state index is 12.4. The van der Waals surface area contributed by atoms with Gasteiger partial charge in [0.1, 0.15) is 31.6 Å². The molecule has 0 saturated carbocycles. The van der Waals surface area contributed by atoms with Crippen molar-refractivity contribution in [1.82, 2.24) is 5.32 Å². The van der Waals surface area contributed by atoms with Crippen LogP contribution in [0, 0.1) is 5.92 Å². The first-order chi connectivity index (χ1) is 15.4. The molecule has 0 aromatic heterocycles.